The highest BCUT2D eigenvalue weighted by molar-refractivity contribution is 7.47. The van der Waals surface area contributed by atoms with Crippen molar-refractivity contribution in [1.82, 2.24) is 0 Å². The molecule has 1 aliphatic rings. The van der Waals surface area contributed by atoms with Crippen molar-refractivity contribution < 1.29 is 63.1 Å². The second kappa shape index (κ2) is 35.4. The summed E-state index contributed by atoms with van der Waals surface area (Å²) in [5.74, 6) is -1.13. The van der Waals surface area contributed by atoms with Gasteiger partial charge in [0.15, 0.2) is 6.10 Å². The molecule has 1 saturated carbocycles. The maximum absolute atomic E-state index is 12.8. The number of aliphatic hydroxyl groups excluding tert-OH is 5. The molecule has 0 spiro atoms. The second-order valence-electron chi connectivity index (χ2n) is 15.5. The Balaban J connectivity index is 2.47. The van der Waals surface area contributed by atoms with E-state index in [2.05, 4.69) is 62.5 Å². The molecule has 0 aromatic rings. The van der Waals surface area contributed by atoms with Crippen molar-refractivity contribution >= 4 is 19.8 Å². The number of phosphoric acid groups is 1. The number of allylic oxidation sites excluding steroid dienone is 8. The molecule has 6 unspecified atom stereocenters. The van der Waals surface area contributed by atoms with Crippen molar-refractivity contribution in [3.05, 3.63) is 48.6 Å². The van der Waals surface area contributed by atoms with Crippen LogP contribution >= 0.6 is 7.82 Å². The summed E-state index contributed by atoms with van der Waals surface area (Å²) in [5.41, 5.74) is 0. The Morgan fingerprint density at radius 1 is 0.525 bits per heavy atom. The fourth-order valence-electron chi connectivity index (χ4n) is 6.45. The van der Waals surface area contributed by atoms with Crippen LogP contribution in [0.3, 0.4) is 0 Å². The van der Waals surface area contributed by atoms with Gasteiger partial charge in [0.1, 0.15) is 43.2 Å². The Kier molecular flexibility index (Phi) is 32.9. The first-order valence-corrected chi connectivity index (χ1v) is 23.9. The van der Waals surface area contributed by atoms with Gasteiger partial charge in [-0.3, -0.25) is 18.6 Å². The normalized spacial score (nSPS) is 22.8. The molecule has 0 heterocycles. The molecule has 13 nitrogen and oxygen atoms in total. The molecule has 0 aliphatic heterocycles. The fourth-order valence-corrected chi connectivity index (χ4v) is 7.42. The molecule has 6 atom stereocenters. The average molecular weight is 859 g/mol. The van der Waals surface area contributed by atoms with Gasteiger partial charge < -0.3 is 39.9 Å². The molecule has 1 fully saturated rings. The van der Waals surface area contributed by atoms with Gasteiger partial charge in [-0.05, 0) is 70.6 Å². The quantitative estimate of drug-likeness (QED) is 0.0152. The zero-order valence-electron chi connectivity index (χ0n) is 36.0. The summed E-state index contributed by atoms with van der Waals surface area (Å²) in [6.45, 7) is 3.20. The number of hydrogen-bond donors (Lipinski definition) is 6. The number of carbonyl (C=O) groups excluding carboxylic acids is 2. The van der Waals surface area contributed by atoms with E-state index < -0.39 is 75.7 Å². The predicted octanol–water partition coefficient (Wildman–Crippen LogP) is 8.39. The van der Waals surface area contributed by atoms with Gasteiger partial charge in [0.05, 0.1) is 6.61 Å². The van der Waals surface area contributed by atoms with E-state index in [-0.39, 0.29) is 12.8 Å². The zero-order chi connectivity index (χ0) is 43.6. The van der Waals surface area contributed by atoms with E-state index in [4.69, 9.17) is 18.5 Å². The van der Waals surface area contributed by atoms with Crippen LogP contribution in [0, 0.1) is 0 Å². The van der Waals surface area contributed by atoms with Crippen molar-refractivity contribution in [1.29, 1.82) is 0 Å². The van der Waals surface area contributed by atoms with Crippen LogP contribution in [0.4, 0.5) is 0 Å². The third kappa shape index (κ3) is 28.1. The van der Waals surface area contributed by atoms with E-state index in [0.717, 1.165) is 96.3 Å². The van der Waals surface area contributed by atoms with E-state index in [1.54, 1.807) is 0 Å². The van der Waals surface area contributed by atoms with E-state index in [9.17, 15) is 44.6 Å². The molecule has 59 heavy (non-hydrogen) atoms. The molecule has 1 rings (SSSR count). The largest absolute Gasteiger partial charge is 0.472 e. The lowest BCUT2D eigenvalue weighted by atomic mass is 9.85. The standard InChI is InChI=1S/C45H79O13P/c1-3-5-7-9-11-13-15-16-17-18-19-20-21-22-24-26-28-30-32-34-39(47)57-37(35-55-38(46)33-31-29-27-25-23-14-12-10-8-6-4-2)36-56-59(53,54)58-45-43(51)41(49)40(48)42(50)44(45)52/h10-13,16-17,19-20,37,40-45,48-52H,3-9,14-15,18,21-36H2,1-2H3,(H,53,54)/b12-10-,13-11-,17-16-,20-19-. The predicted molar refractivity (Wildman–Crippen MR) is 230 cm³/mol. The lowest BCUT2D eigenvalue weighted by Crippen LogP contribution is -2.64. The molecule has 0 bridgehead atoms. The van der Waals surface area contributed by atoms with Crippen LogP contribution in [0.5, 0.6) is 0 Å². The van der Waals surface area contributed by atoms with Gasteiger partial charge in [-0.1, -0.05) is 133 Å². The van der Waals surface area contributed by atoms with E-state index in [1.807, 2.05) is 0 Å². The molecule has 0 aromatic carbocycles. The Bertz CT molecular complexity index is 1220. The number of unbranched alkanes of at least 4 members (excludes halogenated alkanes) is 16. The summed E-state index contributed by atoms with van der Waals surface area (Å²) in [6, 6.07) is 0. The van der Waals surface area contributed by atoms with Gasteiger partial charge in [0, 0.05) is 12.8 Å². The third-order valence-corrected chi connectivity index (χ3v) is 11.1. The first kappa shape index (κ1) is 54.8. The molecular formula is C45H79O13P. The van der Waals surface area contributed by atoms with Crippen molar-refractivity contribution in [3.8, 4) is 0 Å². The highest BCUT2D eigenvalue weighted by atomic mass is 31.2. The van der Waals surface area contributed by atoms with Gasteiger partial charge in [-0.15, -0.1) is 0 Å². The average Bonchev–Trinajstić information content (AvgIpc) is 3.21. The molecule has 0 radical (unpaired) electrons. The van der Waals surface area contributed by atoms with Gasteiger partial charge in [0.2, 0.25) is 0 Å². The highest BCUT2D eigenvalue weighted by Crippen LogP contribution is 2.47. The molecule has 0 aromatic heterocycles. The Hall–Kier alpha value is -2.19. The Morgan fingerprint density at radius 3 is 1.46 bits per heavy atom. The number of esters is 2. The van der Waals surface area contributed by atoms with E-state index >= 15 is 0 Å². The number of aliphatic hydroxyl groups is 5. The summed E-state index contributed by atoms with van der Waals surface area (Å²) in [6.07, 6.45) is 27.4. The monoisotopic (exact) mass is 859 g/mol. The Labute approximate surface area is 354 Å². The molecular weight excluding hydrogens is 779 g/mol. The topological polar surface area (TPSA) is 210 Å². The molecule has 1 aliphatic carbocycles. The smallest absolute Gasteiger partial charge is 0.462 e. The molecule has 0 amide bonds. The third-order valence-electron chi connectivity index (χ3n) is 10.1. The zero-order valence-corrected chi connectivity index (χ0v) is 36.9. The van der Waals surface area contributed by atoms with Gasteiger partial charge in [-0.2, -0.15) is 0 Å². The second-order valence-corrected chi connectivity index (χ2v) is 16.9. The van der Waals surface area contributed by atoms with Crippen molar-refractivity contribution in [2.24, 2.45) is 0 Å². The number of hydrogen-bond acceptors (Lipinski definition) is 12. The minimum Gasteiger partial charge on any atom is -0.462 e. The van der Waals surface area contributed by atoms with Crippen LogP contribution < -0.4 is 0 Å². The van der Waals surface area contributed by atoms with E-state index in [1.165, 1.54) is 32.1 Å². The maximum Gasteiger partial charge on any atom is 0.472 e. The summed E-state index contributed by atoms with van der Waals surface area (Å²) in [4.78, 5) is 35.6. The molecule has 6 N–H and O–H groups in total. The highest BCUT2D eigenvalue weighted by Gasteiger charge is 2.51. The minimum absolute atomic E-state index is 0.0791. The van der Waals surface area contributed by atoms with Crippen molar-refractivity contribution in [2.45, 2.75) is 211 Å². The number of rotatable bonds is 36. The van der Waals surface area contributed by atoms with E-state index in [0.29, 0.717) is 12.8 Å². The van der Waals surface area contributed by atoms with Gasteiger partial charge in [0.25, 0.3) is 0 Å². The lowest BCUT2D eigenvalue weighted by molar-refractivity contribution is -0.220. The van der Waals surface area contributed by atoms with Crippen molar-refractivity contribution in [3.63, 3.8) is 0 Å². The van der Waals surface area contributed by atoms with Crippen LogP contribution in [0.15, 0.2) is 48.6 Å². The molecule has 14 heteroatoms. The SMILES string of the molecule is CCCC/C=C\CCCCCCCC(=O)OCC(COP(=O)(O)OC1C(O)C(O)C(O)C(O)C1O)OC(=O)CCCCCCCC/C=C\C/C=C\C/C=C\CCCCC. The minimum atomic E-state index is -5.12. The first-order valence-electron chi connectivity index (χ1n) is 22.4. The number of carbonyl (C=O) groups is 2. The molecule has 0 saturated heterocycles. The van der Waals surface area contributed by atoms with Crippen LogP contribution in [0.2, 0.25) is 0 Å². The van der Waals surface area contributed by atoms with Crippen molar-refractivity contribution in [2.75, 3.05) is 13.2 Å². The lowest BCUT2D eigenvalue weighted by Gasteiger charge is -2.41. The van der Waals surface area contributed by atoms with Crippen LogP contribution in [-0.2, 0) is 32.7 Å². The summed E-state index contributed by atoms with van der Waals surface area (Å²) >= 11 is 0. The van der Waals surface area contributed by atoms with Gasteiger partial charge in [-0.25, -0.2) is 4.57 Å². The number of phosphoric ester groups is 1. The van der Waals surface area contributed by atoms with Crippen LogP contribution in [0.1, 0.15) is 168 Å². The summed E-state index contributed by atoms with van der Waals surface area (Å²) < 4.78 is 33.4. The van der Waals surface area contributed by atoms with Crippen LogP contribution in [0.25, 0.3) is 0 Å². The fraction of sp³-hybridized carbons (Fsp3) is 0.778. The van der Waals surface area contributed by atoms with Crippen LogP contribution in [-0.4, -0.2) is 98.3 Å². The Morgan fingerprint density at radius 2 is 0.932 bits per heavy atom. The molecule has 342 valence electrons. The maximum atomic E-state index is 12.8. The number of ether oxygens (including phenoxy) is 2. The summed E-state index contributed by atoms with van der Waals surface area (Å²) in [7, 11) is -5.12. The first-order chi connectivity index (χ1) is 28.4. The summed E-state index contributed by atoms with van der Waals surface area (Å²) in [5, 5.41) is 50.1. The van der Waals surface area contributed by atoms with Gasteiger partial charge >= 0.3 is 19.8 Å².